The van der Waals surface area contributed by atoms with Gasteiger partial charge in [0, 0.05) is 43.1 Å². The van der Waals surface area contributed by atoms with E-state index in [4.69, 9.17) is 4.98 Å². The molecule has 1 unspecified atom stereocenters. The van der Waals surface area contributed by atoms with Crippen LogP contribution in [-0.4, -0.2) is 43.6 Å². The molecule has 6 heteroatoms. The van der Waals surface area contributed by atoms with Crippen LogP contribution in [0, 0.1) is 6.92 Å². The Kier molecular flexibility index (Phi) is 6.26. The number of aromatic nitrogens is 4. The van der Waals surface area contributed by atoms with Crippen molar-refractivity contribution in [3.8, 4) is 11.1 Å². The third-order valence-corrected chi connectivity index (χ3v) is 7.87. The van der Waals surface area contributed by atoms with E-state index in [2.05, 4.69) is 56.1 Å². The minimum atomic E-state index is 0.174. The van der Waals surface area contributed by atoms with Crippen LogP contribution in [0.4, 0.5) is 0 Å². The second kappa shape index (κ2) is 9.84. The number of carbonyl (C=O) groups is 1. The van der Waals surface area contributed by atoms with Crippen LogP contribution in [0.2, 0.25) is 0 Å². The summed E-state index contributed by atoms with van der Waals surface area (Å²) in [5.74, 6) is 2.63. The number of hydrogen-bond donors (Lipinski definition) is 0. The first-order chi connectivity index (χ1) is 17.7. The van der Waals surface area contributed by atoms with Gasteiger partial charge < -0.3 is 9.47 Å². The molecule has 2 aliphatic rings. The number of piperidine rings is 1. The Morgan fingerprint density at radius 3 is 2.67 bits per heavy atom. The summed E-state index contributed by atoms with van der Waals surface area (Å²) in [5.41, 5.74) is 5.18. The monoisotopic (exact) mass is 479 g/mol. The molecule has 2 aromatic carbocycles. The summed E-state index contributed by atoms with van der Waals surface area (Å²) in [7, 11) is 0. The molecule has 6 nitrogen and oxygen atoms in total. The summed E-state index contributed by atoms with van der Waals surface area (Å²) < 4.78 is 2.34. The molecule has 0 N–H and O–H groups in total. The van der Waals surface area contributed by atoms with Crippen molar-refractivity contribution in [2.45, 2.75) is 64.3 Å². The zero-order valence-corrected chi connectivity index (χ0v) is 21.0. The Bertz CT molecular complexity index is 1390. The van der Waals surface area contributed by atoms with Gasteiger partial charge in [-0.1, -0.05) is 55.0 Å². The maximum Gasteiger partial charge on any atom is 0.227 e. The van der Waals surface area contributed by atoms with E-state index < -0.39 is 0 Å². The molecular formula is C30H33N5O. The highest BCUT2D eigenvalue weighted by atomic mass is 16.2. The van der Waals surface area contributed by atoms with Gasteiger partial charge in [0.2, 0.25) is 5.91 Å². The lowest BCUT2D eigenvalue weighted by molar-refractivity contribution is -0.131. The molecule has 4 heterocycles. The molecule has 184 valence electrons. The van der Waals surface area contributed by atoms with Crippen molar-refractivity contribution >= 4 is 16.8 Å². The quantitative estimate of drug-likeness (QED) is 0.389. The number of pyridine rings is 1. The maximum atomic E-state index is 13.8. The molecule has 1 saturated heterocycles. The second-order valence-electron chi connectivity index (χ2n) is 10.2. The van der Waals surface area contributed by atoms with Gasteiger partial charge in [-0.05, 0) is 55.4 Å². The number of carbonyl (C=O) groups excluding carboxylic acids is 1. The van der Waals surface area contributed by atoms with Crippen molar-refractivity contribution in [2.75, 3.05) is 13.1 Å². The number of likely N-dealkylation sites (tertiary alicyclic amines) is 1. The fraction of sp³-hybridized carbons (Fsp3) is 0.400. The Balaban J connectivity index is 1.30. The first-order valence-electron chi connectivity index (χ1n) is 13.3. The van der Waals surface area contributed by atoms with E-state index in [-0.39, 0.29) is 11.8 Å². The van der Waals surface area contributed by atoms with Crippen molar-refractivity contribution in [1.82, 2.24) is 24.6 Å². The molecule has 1 fully saturated rings. The molecule has 1 atom stereocenters. The number of aryl methyl sites for hydroxylation is 2. The fourth-order valence-corrected chi connectivity index (χ4v) is 6.01. The van der Waals surface area contributed by atoms with Gasteiger partial charge in [-0.15, -0.1) is 10.2 Å². The summed E-state index contributed by atoms with van der Waals surface area (Å²) >= 11 is 0. The van der Waals surface area contributed by atoms with Gasteiger partial charge >= 0.3 is 0 Å². The lowest BCUT2D eigenvalue weighted by Gasteiger charge is -2.33. The SMILES string of the molecule is Cc1nc2ccccc2c(-c2ccccc2)c1CC(=O)N1CCCC(c2nnc3n2CCCCC3)C1. The van der Waals surface area contributed by atoms with Gasteiger partial charge in [0.25, 0.3) is 0 Å². The van der Waals surface area contributed by atoms with Crippen LogP contribution in [0.3, 0.4) is 0 Å². The van der Waals surface area contributed by atoms with Crippen LogP contribution in [-0.2, 0) is 24.2 Å². The molecule has 0 spiro atoms. The zero-order valence-electron chi connectivity index (χ0n) is 21.0. The largest absolute Gasteiger partial charge is 0.342 e. The molecule has 0 radical (unpaired) electrons. The van der Waals surface area contributed by atoms with Crippen molar-refractivity contribution in [1.29, 1.82) is 0 Å². The summed E-state index contributed by atoms with van der Waals surface area (Å²) in [6.07, 6.45) is 7.06. The van der Waals surface area contributed by atoms with Crippen molar-refractivity contribution in [2.24, 2.45) is 0 Å². The van der Waals surface area contributed by atoms with E-state index in [1.807, 2.05) is 25.1 Å². The Labute approximate surface area is 212 Å². The van der Waals surface area contributed by atoms with Crippen molar-refractivity contribution in [3.05, 3.63) is 77.5 Å². The standard InChI is InChI=1S/C30H33N5O/c1-21-25(29(22-11-4-2-5-12-22)24-14-7-8-15-26(24)31-21)19-28(36)34-17-10-13-23(20-34)30-33-32-27-16-6-3-9-18-35(27)30/h2,4-5,7-8,11-12,14-15,23H,3,6,9-10,13,16-20H2,1H3. The predicted molar refractivity (Wildman–Crippen MR) is 142 cm³/mol. The number of para-hydroxylation sites is 1. The van der Waals surface area contributed by atoms with Gasteiger partial charge in [-0.2, -0.15) is 0 Å². The molecule has 0 aliphatic carbocycles. The number of hydrogen-bond acceptors (Lipinski definition) is 4. The van der Waals surface area contributed by atoms with E-state index >= 15 is 0 Å². The minimum Gasteiger partial charge on any atom is -0.342 e. The van der Waals surface area contributed by atoms with E-state index in [9.17, 15) is 4.79 Å². The van der Waals surface area contributed by atoms with Crippen molar-refractivity contribution in [3.63, 3.8) is 0 Å². The molecule has 1 amide bonds. The van der Waals surface area contributed by atoms with Gasteiger partial charge in [0.1, 0.15) is 11.6 Å². The Morgan fingerprint density at radius 2 is 1.78 bits per heavy atom. The van der Waals surface area contributed by atoms with Crippen LogP contribution < -0.4 is 0 Å². The van der Waals surface area contributed by atoms with Crippen molar-refractivity contribution < 1.29 is 4.79 Å². The summed E-state index contributed by atoms with van der Waals surface area (Å²) in [5, 5.41) is 10.2. The highest BCUT2D eigenvalue weighted by molar-refractivity contribution is 5.98. The van der Waals surface area contributed by atoms with Crippen LogP contribution in [0.1, 0.15) is 60.9 Å². The molecule has 2 aliphatic heterocycles. The normalized spacial score (nSPS) is 18.1. The maximum absolute atomic E-state index is 13.8. The van der Waals surface area contributed by atoms with Crippen LogP contribution in [0.15, 0.2) is 54.6 Å². The Hall–Kier alpha value is -3.54. The zero-order chi connectivity index (χ0) is 24.5. The van der Waals surface area contributed by atoms with Crippen LogP contribution in [0.25, 0.3) is 22.0 Å². The molecule has 36 heavy (non-hydrogen) atoms. The number of nitrogens with zero attached hydrogens (tertiary/aromatic N) is 5. The smallest absolute Gasteiger partial charge is 0.227 e. The summed E-state index contributed by atoms with van der Waals surface area (Å²) in [6.45, 7) is 4.56. The first-order valence-corrected chi connectivity index (χ1v) is 13.3. The molecule has 6 rings (SSSR count). The Morgan fingerprint density at radius 1 is 0.944 bits per heavy atom. The molecular weight excluding hydrogens is 446 g/mol. The van der Waals surface area contributed by atoms with E-state index in [1.165, 1.54) is 19.3 Å². The highest BCUT2D eigenvalue weighted by Crippen LogP contribution is 2.34. The first kappa shape index (κ1) is 22.9. The van der Waals surface area contributed by atoms with Gasteiger partial charge in [0.05, 0.1) is 11.9 Å². The number of fused-ring (bicyclic) bond motifs is 2. The minimum absolute atomic E-state index is 0.174. The van der Waals surface area contributed by atoms with E-state index in [0.29, 0.717) is 6.42 Å². The summed E-state index contributed by atoms with van der Waals surface area (Å²) in [4.78, 5) is 20.7. The highest BCUT2D eigenvalue weighted by Gasteiger charge is 2.30. The topological polar surface area (TPSA) is 63.9 Å². The average Bonchev–Trinajstić information content (AvgIpc) is 3.17. The number of benzene rings is 2. The summed E-state index contributed by atoms with van der Waals surface area (Å²) in [6, 6.07) is 18.6. The lowest BCUT2D eigenvalue weighted by Crippen LogP contribution is -2.40. The van der Waals surface area contributed by atoms with E-state index in [1.54, 1.807) is 0 Å². The van der Waals surface area contributed by atoms with Crippen LogP contribution >= 0.6 is 0 Å². The number of amides is 1. The van der Waals surface area contributed by atoms with Gasteiger partial charge in [0.15, 0.2) is 0 Å². The third-order valence-electron chi connectivity index (χ3n) is 7.87. The third kappa shape index (κ3) is 4.29. The number of rotatable bonds is 4. The molecule has 2 aromatic heterocycles. The van der Waals surface area contributed by atoms with Gasteiger partial charge in [-0.3, -0.25) is 9.78 Å². The second-order valence-corrected chi connectivity index (χ2v) is 10.2. The van der Waals surface area contributed by atoms with E-state index in [0.717, 1.165) is 83.8 Å². The predicted octanol–water partition coefficient (Wildman–Crippen LogP) is 5.48. The van der Waals surface area contributed by atoms with Gasteiger partial charge in [-0.25, -0.2) is 0 Å². The van der Waals surface area contributed by atoms with Crippen LogP contribution in [0.5, 0.6) is 0 Å². The average molecular weight is 480 g/mol. The molecule has 0 saturated carbocycles. The lowest BCUT2D eigenvalue weighted by atomic mass is 9.91. The fourth-order valence-electron chi connectivity index (χ4n) is 6.01. The molecule has 4 aromatic rings. The molecule has 0 bridgehead atoms.